The third kappa shape index (κ3) is 4.61. The number of rotatable bonds is 5. The largest absolute Gasteiger partial charge is 0.326 e. The summed E-state index contributed by atoms with van der Waals surface area (Å²) < 4.78 is 0. The van der Waals surface area contributed by atoms with Gasteiger partial charge in [0.2, 0.25) is 11.8 Å². The van der Waals surface area contributed by atoms with Gasteiger partial charge in [-0.2, -0.15) is 0 Å². The second-order valence-electron chi connectivity index (χ2n) is 4.29. The minimum absolute atomic E-state index is 0.0795. The lowest BCUT2D eigenvalue weighted by atomic mass is 10.2. The number of anilines is 1. The molecule has 2 N–H and O–H groups in total. The molecule has 1 aliphatic heterocycles. The average molecular weight is 324 g/mol. The van der Waals surface area contributed by atoms with E-state index in [2.05, 4.69) is 22.2 Å². The number of hydrogen-bond acceptors (Lipinski definition) is 4. The maximum absolute atomic E-state index is 11.9. The number of nitrogens with zero attached hydrogens (tertiary/aromatic N) is 1. The molecule has 1 aliphatic rings. The van der Waals surface area contributed by atoms with Crippen molar-refractivity contribution in [3.8, 4) is 0 Å². The van der Waals surface area contributed by atoms with E-state index in [4.69, 9.17) is 11.6 Å². The molecular formula is C14H14ClN3O2S. The van der Waals surface area contributed by atoms with Gasteiger partial charge in [-0.25, -0.2) is 0 Å². The molecular weight excluding hydrogens is 310 g/mol. The third-order valence-electron chi connectivity index (χ3n) is 2.62. The van der Waals surface area contributed by atoms with E-state index in [9.17, 15) is 9.59 Å². The standard InChI is InChI=1S/C14H14ClN3O2S/c1-2-6-16-14-18-13(20)11(21-14)8-12(19)17-10-5-3-4-9(15)7-10/h2-5,7,11H,1,6,8H2,(H,17,19)(H,16,18,20)/t11-/m0/s1. The summed E-state index contributed by atoms with van der Waals surface area (Å²) in [7, 11) is 0. The smallest absolute Gasteiger partial charge is 0.240 e. The maximum atomic E-state index is 11.9. The molecule has 0 saturated carbocycles. The molecule has 1 heterocycles. The Bertz CT molecular complexity index is 604. The van der Waals surface area contributed by atoms with E-state index in [-0.39, 0.29) is 18.2 Å². The van der Waals surface area contributed by atoms with Gasteiger partial charge < -0.3 is 10.6 Å². The maximum Gasteiger partial charge on any atom is 0.240 e. The van der Waals surface area contributed by atoms with Gasteiger partial charge in [0.25, 0.3) is 0 Å². The second-order valence-corrected chi connectivity index (χ2v) is 5.92. The van der Waals surface area contributed by atoms with Crippen LogP contribution in [0.15, 0.2) is 41.9 Å². The van der Waals surface area contributed by atoms with Gasteiger partial charge in [-0.15, -0.1) is 6.58 Å². The molecule has 1 saturated heterocycles. The fourth-order valence-corrected chi connectivity index (χ4v) is 2.88. The Labute approximate surface area is 131 Å². The molecule has 1 fully saturated rings. The van der Waals surface area contributed by atoms with Crippen LogP contribution >= 0.6 is 23.4 Å². The summed E-state index contributed by atoms with van der Waals surface area (Å²) in [5.74, 6) is -0.445. The zero-order valence-electron chi connectivity index (χ0n) is 11.1. The first-order valence-electron chi connectivity index (χ1n) is 6.27. The topological polar surface area (TPSA) is 70.6 Å². The third-order valence-corrected chi connectivity index (χ3v) is 3.97. The number of thioether (sulfide) groups is 1. The van der Waals surface area contributed by atoms with Crippen molar-refractivity contribution in [2.75, 3.05) is 11.9 Å². The Hall–Kier alpha value is -1.79. The number of aliphatic imine (C=N–C) groups is 1. The van der Waals surface area contributed by atoms with Crippen molar-refractivity contribution < 1.29 is 9.59 Å². The van der Waals surface area contributed by atoms with Crippen molar-refractivity contribution in [1.82, 2.24) is 5.32 Å². The molecule has 7 heteroatoms. The van der Waals surface area contributed by atoms with Crippen LogP contribution in [0.2, 0.25) is 5.02 Å². The fraction of sp³-hybridized carbons (Fsp3) is 0.214. The Morgan fingerprint density at radius 2 is 2.38 bits per heavy atom. The van der Waals surface area contributed by atoms with Crippen LogP contribution in [0.25, 0.3) is 0 Å². The zero-order valence-corrected chi connectivity index (χ0v) is 12.7. The molecule has 2 rings (SSSR count). The summed E-state index contributed by atoms with van der Waals surface area (Å²) in [6.45, 7) is 3.99. The van der Waals surface area contributed by atoms with Crippen LogP contribution in [0.4, 0.5) is 5.69 Å². The fourth-order valence-electron chi connectivity index (χ4n) is 1.71. The Balaban J connectivity index is 1.91. The Morgan fingerprint density at radius 1 is 1.57 bits per heavy atom. The summed E-state index contributed by atoms with van der Waals surface area (Å²) in [4.78, 5) is 27.8. The van der Waals surface area contributed by atoms with Crippen LogP contribution in [0.1, 0.15) is 6.42 Å². The van der Waals surface area contributed by atoms with Gasteiger partial charge in [0.15, 0.2) is 5.17 Å². The van der Waals surface area contributed by atoms with E-state index in [0.29, 0.717) is 22.4 Å². The van der Waals surface area contributed by atoms with Gasteiger partial charge in [-0.3, -0.25) is 14.6 Å². The number of benzene rings is 1. The van der Waals surface area contributed by atoms with Gasteiger partial charge in [-0.05, 0) is 18.2 Å². The normalized spacial score (nSPS) is 19.4. The first kappa shape index (κ1) is 15.6. The zero-order chi connectivity index (χ0) is 15.2. The van der Waals surface area contributed by atoms with Gasteiger partial charge in [-0.1, -0.05) is 35.5 Å². The number of amides is 2. The van der Waals surface area contributed by atoms with E-state index in [0.717, 1.165) is 0 Å². The molecule has 0 radical (unpaired) electrons. The number of amidine groups is 1. The minimum Gasteiger partial charge on any atom is -0.326 e. The molecule has 21 heavy (non-hydrogen) atoms. The minimum atomic E-state index is -0.465. The van der Waals surface area contributed by atoms with Crippen LogP contribution < -0.4 is 10.6 Å². The number of carbonyl (C=O) groups is 2. The van der Waals surface area contributed by atoms with Crippen LogP contribution in [-0.2, 0) is 9.59 Å². The lowest BCUT2D eigenvalue weighted by Crippen LogP contribution is -2.28. The number of hydrogen-bond donors (Lipinski definition) is 2. The van der Waals surface area contributed by atoms with E-state index < -0.39 is 5.25 Å². The summed E-state index contributed by atoms with van der Waals surface area (Å²) in [5.41, 5.74) is 0.608. The molecule has 0 aromatic heterocycles. The predicted octanol–water partition coefficient (Wildman–Crippen LogP) is 2.44. The molecule has 110 valence electrons. The molecule has 0 aliphatic carbocycles. The lowest BCUT2D eigenvalue weighted by molar-refractivity contribution is -0.122. The monoisotopic (exact) mass is 323 g/mol. The molecule has 0 spiro atoms. The van der Waals surface area contributed by atoms with Crippen LogP contribution in [0.3, 0.4) is 0 Å². The second kappa shape index (κ2) is 7.28. The van der Waals surface area contributed by atoms with Gasteiger partial charge in [0.05, 0.1) is 6.54 Å². The first-order chi connectivity index (χ1) is 10.1. The van der Waals surface area contributed by atoms with Crippen molar-refractivity contribution in [3.63, 3.8) is 0 Å². The Kier molecular flexibility index (Phi) is 5.41. The Morgan fingerprint density at radius 3 is 3.10 bits per heavy atom. The lowest BCUT2D eigenvalue weighted by Gasteiger charge is -2.07. The number of halogens is 1. The van der Waals surface area contributed by atoms with Gasteiger partial charge >= 0.3 is 0 Å². The highest BCUT2D eigenvalue weighted by molar-refractivity contribution is 8.15. The molecule has 0 bridgehead atoms. The van der Waals surface area contributed by atoms with Crippen molar-refractivity contribution in [3.05, 3.63) is 41.9 Å². The van der Waals surface area contributed by atoms with Crippen molar-refractivity contribution in [1.29, 1.82) is 0 Å². The summed E-state index contributed by atoms with van der Waals surface area (Å²) >= 11 is 7.10. The van der Waals surface area contributed by atoms with E-state index in [1.807, 2.05) is 0 Å². The summed E-state index contributed by atoms with van der Waals surface area (Å²) in [6, 6.07) is 6.86. The van der Waals surface area contributed by atoms with Crippen LogP contribution in [-0.4, -0.2) is 28.8 Å². The highest BCUT2D eigenvalue weighted by Crippen LogP contribution is 2.23. The SMILES string of the molecule is C=CCN=C1NC(=O)[C@H](CC(=O)Nc2cccc(Cl)c2)S1. The average Bonchev–Trinajstić information content (AvgIpc) is 2.77. The highest BCUT2D eigenvalue weighted by Gasteiger charge is 2.31. The van der Waals surface area contributed by atoms with Crippen molar-refractivity contribution >= 4 is 46.0 Å². The van der Waals surface area contributed by atoms with Crippen molar-refractivity contribution in [2.24, 2.45) is 4.99 Å². The summed E-state index contributed by atoms with van der Waals surface area (Å²) in [5, 5.41) is 5.96. The molecule has 1 atom stereocenters. The summed E-state index contributed by atoms with van der Waals surface area (Å²) in [6.07, 6.45) is 1.72. The molecule has 5 nitrogen and oxygen atoms in total. The molecule has 2 amide bonds. The predicted molar refractivity (Wildman–Crippen MR) is 86.7 cm³/mol. The van der Waals surface area contributed by atoms with Crippen LogP contribution in [0, 0.1) is 0 Å². The van der Waals surface area contributed by atoms with E-state index in [1.165, 1.54) is 11.8 Å². The first-order valence-corrected chi connectivity index (χ1v) is 7.52. The van der Waals surface area contributed by atoms with Gasteiger partial charge in [0.1, 0.15) is 5.25 Å². The highest BCUT2D eigenvalue weighted by atomic mass is 35.5. The molecule has 1 aromatic carbocycles. The molecule has 1 aromatic rings. The molecule has 0 unspecified atom stereocenters. The van der Waals surface area contributed by atoms with E-state index >= 15 is 0 Å². The van der Waals surface area contributed by atoms with Crippen LogP contribution in [0.5, 0.6) is 0 Å². The van der Waals surface area contributed by atoms with Gasteiger partial charge in [0, 0.05) is 17.1 Å². The number of nitrogens with one attached hydrogen (secondary N) is 2. The quantitative estimate of drug-likeness (QED) is 0.818. The van der Waals surface area contributed by atoms with E-state index in [1.54, 1.807) is 30.3 Å². The number of carbonyl (C=O) groups excluding carboxylic acids is 2. The van der Waals surface area contributed by atoms with Crippen molar-refractivity contribution in [2.45, 2.75) is 11.7 Å².